The molecule has 19 heavy (non-hydrogen) atoms. The van der Waals surface area contributed by atoms with Crippen molar-refractivity contribution in [2.24, 2.45) is 11.8 Å². The zero-order chi connectivity index (χ0) is 14.0. The van der Waals surface area contributed by atoms with Crippen LogP contribution in [0.25, 0.3) is 0 Å². The molecule has 0 spiro atoms. The Kier molecular flexibility index (Phi) is 4.08. The molecule has 2 unspecified atom stereocenters. The molecule has 2 atom stereocenters. The average Bonchev–Trinajstić information content (AvgIpc) is 3.04. The highest BCUT2D eigenvalue weighted by Crippen LogP contribution is 2.39. The average molecular weight is 289 g/mol. The fourth-order valence-electron chi connectivity index (χ4n) is 1.77. The van der Waals surface area contributed by atoms with Crippen LogP contribution in [0.15, 0.2) is 29.2 Å². The number of anilines is 1. The highest BCUT2D eigenvalue weighted by molar-refractivity contribution is 7.99. The number of nitrogens with one attached hydrogen (secondary N) is 1. The van der Waals surface area contributed by atoms with Crippen molar-refractivity contribution >= 4 is 23.4 Å². The lowest BCUT2D eigenvalue weighted by Gasteiger charge is -2.11. The number of benzene rings is 1. The van der Waals surface area contributed by atoms with Gasteiger partial charge in [0.1, 0.15) is 0 Å². The summed E-state index contributed by atoms with van der Waals surface area (Å²) in [6.07, 6.45) is -3.36. The van der Waals surface area contributed by atoms with Crippen molar-refractivity contribution in [1.29, 1.82) is 0 Å². The second kappa shape index (κ2) is 5.45. The van der Waals surface area contributed by atoms with Crippen molar-refractivity contribution in [2.75, 3.05) is 11.1 Å². The minimum Gasteiger partial charge on any atom is -0.325 e. The van der Waals surface area contributed by atoms with Crippen LogP contribution < -0.4 is 5.32 Å². The molecule has 0 radical (unpaired) electrons. The molecule has 0 bridgehead atoms. The van der Waals surface area contributed by atoms with Gasteiger partial charge in [0.05, 0.1) is 11.4 Å². The molecule has 2 rings (SSSR count). The first-order chi connectivity index (χ1) is 8.87. The third kappa shape index (κ3) is 4.16. The molecule has 1 aromatic rings. The number of halogens is 3. The van der Waals surface area contributed by atoms with Gasteiger partial charge in [-0.25, -0.2) is 0 Å². The zero-order valence-corrected chi connectivity index (χ0v) is 11.1. The third-order valence-electron chi connectivity index (χ3n) is 2.98. The first-order valence-corrected chi connectivity index (χ1v) is 6.95. The van der Waals surface area contributed by atoms with Crippen molar-refractivity contribution in [3.8, 4) is 0 Å². The van der Waals surface area contributed by atoms with Crippen LogP contribution in [0.3, 0.4) is 0 Å². The van der Waals surface area contributed by atoms with Gasteiger partial charge < -0.3 is 5.32 Å². The molecule has 104 valence electrons. The first kappa shape index (κ1) is 14.2. The van der Waals surface area contributed by atoms with E-state index in [1.807, 2.05) is 6.92 Å². The van der Waals surface area contributed by atoms with Crippen LogP contribution >= 0.6 is 11.8 Å². The molecule has 0 aromatic heterocycles. The van der Waals surface area contributed by atoms with Crippen molar-refractivity contribution in [3.05, 3.63) is 24.3 Å². The van der Waals surface area contributed by atoms with E-state index >= 15 is 0 Å². The molecular formula is C13H14F3NOS. The maximum atomic E-state index is 12.2. The number of amides is 1. The van der Waals surface area contributed by atoms with E-state index in [2.05, 4.69) is 5.32 Å². The summed E-state index contributed by atoms with van der Waals surface area (Å²) in [6.45, 7) is 1.98. The van der Waals surface area contributed by atoms with Gasteiger partial charge in [0.15, 0.2) is 0 Å². The fourth-order valence-corrected chi connectivity index (χ4v) is 2.54. The summed E-state index contributed by atoms with van der Waals surface area (Å²) in [5.41, 5.74) is 0.459. The zero-order valence-electron chi connectivity index (χ0n) is 10.3. The number of hydrogen-bond acceptors (Lipinski definition) is 2. The van der Waals surface area contributed by atoms with Crippen LogP contribution in [-0.2, 0) is 4.79 Å². The van der Waals surface area contributed by atoms with Crippen molar-refractivity contribution in [3.63, 3.8) is 0 Å². The van der Waals surface area contributed by atoms with Crippen molar-refractivity contribution in [2.45, 2.75) is 24.4 Å². The Labute approximate surface area is 113 Å². The summed E-state index contributed by atoms with van der Waals surface area (Å²) in [7, 11) is 0. The number of alkyl halides is 3. The van der Waals surface area contributed by atoms with Gasteiger partial charge in [0, 0.05) is 10.8 Å². The van der Waals surface area contributed by atoms with Crippen LogP contribution in [0, 0.1) is 11.8 Å². The smallest absolute Gasteiger partial charge is 0.325 e. The Morgan fingerprint density at radius 1 is 1.42 bits per heavy atom. The second-order valence-corrected chi connectivity index (χ2v) is 5.73. The van der Waals surface area contributed by atoms with Gasteiger partial charge in [-0.15, -0.1) is 11.8 Å². The fraction of sp³-hybridized carbons (Fsp3) is 0.462. The van der Waals surface area contributed by atoms with E-state index in [1.54, 1.807) is 24.3 Å². The molecule has 1 aliphatic rings. The minimum absolute atomic E-state index is 0.000622. The van der Waals surface area contributed by atoms with Crippen LogP contribution in [0.4, 0.5) is 18.9 Å². The Bertz CT molecular complexity index is 475. The molecule has 0 saturated heterocycles. The van der Waals surface area contributed by atoms with Gasteiger partial charge in [0.25, 0.3) is 0 Å². The summed E-state index contributed by atoms with van der Waals surface area (Å²) >= 11 is 0.689. The summed E-state index contributed by atoms with van der Waals surface area (Å²) in [4.78, 5) is 12.2. The van der Waals surface area contributed by atoms with Crippen LogP contribution in [0.2, 0.25) is 0 Å². The number of hydrogen-bond donors (Lipinski definition) is 1. The van der Waals surface area contributed by atoms with Gasteiger partial charge >= 0.3 is 6.18 Å². The van der Waals surface area contributed by atoms with Gasteiger partial charge in [0.2, 0.25) is 5.91 Å². The molecular weight excluding hydrogens is 275 g/mol. The minimum atomic E-state index is -4.22. The predicted octanol–water partition coefficient (Wildman–Crippen LogP) is 3.94. The van der Waals surface area contributed by atoms with E-state index in [9.17, 15) is 18.0 Å². The number of carbonyl (C=O) groups excluding carboxylic acids is 1. The lowest BCUT2D eigenvalue weighted by atomic mass is 10.3. The Morgan fingerprint density at radius 2 is 2.05 bits per heavy atom. The maximum absolute atomic E-state index is 12.2. The van der Waals surface area contributed by atoms with E-state index in [0.29, 0.717) is 28.3 Å². The van der Waals surface area contributed by atoms with Crippen LogP contribution in [0.5, 0.6) is 0 Å². The maximum Gasteiger partial charge on any atom is 0.398 e. The molecule has 1 N–H and O–H groups in total. The lowest BCUT2D eigenvalue weighted by molar-refractivity contribution is -0.117. The Balaban J connectivity index is 2.01. The monoisotopic (exact) mass is 289 g/mol. The molecule has 2 nitrogen and oxygen atoms in total. The summed E-state index contributed by atoms with van der Waals surface area (Å²) < 4.78 is 36.7. The number of para-hydroxylation sites is 1. The molecule has 1 aromatic carbocycles. The second-order valence-electron chi connectivity index (χ2n) is 4.71. The molecule has 0 aliphatic heterocycles. The molecule has 1 saturated carbocycles. The SMILES string of the molecule is CC1CC1C(=O)Nc1ccccc1SCC(F)(F)F. The summed E-state index contributed by atoms with van der Waals surface area (Å²) in [5.74, 6) is -0.692. The van der Waals surface area contributed by atoms with Crippen molar-refractivity contribution < 1.29 is 18.0 Å². The number of carbonyl (C=O) groups is 1. The van der Waals surface area contributed by atoms with E-state index < -0.39 is 11.9 Å². The predicted molar refractivity (Wildman–Crippen MR) is 69.1 cm³/mol. The van der Waals surface area contributed by atoms with E-state index in [-0.39, 0.29) is 11.8 Å². The lowest BCUT2D eigenvalue weighted by Crippen LogP contribution is -2.15. The Morgan fingerprint density at radius 3 is 2.63 bits per heavy atom. The van der Waals surface area contributed by atoms with Crippen LogP contribution in [0.1, 0.15) is 13.3 Å². The number of thioether (sulfide) groups is 1. The van der Waals surface area contributed by atoms with Gasteiger partial charge in [-0.05, 0) is 24.5 Å². The van der Waals surface area contributed by atoms with E-state index in [4.69, 9.17) is 0 Å². The highest BCUT2D eigenvalue weighted by atomic mass is 32.2. The van der Waals surface area contributed by atoms with Gasteiger partial charge in [-0.1, -0.05) is 19.1 Å². The first-order valence-electron chi connectivity index (χ1n) is 5.96. The number of rotatable bonds is 4. The topological polar surface area (TPSA) is 29.1 Å². The molecule has 0 heterocycles. The molecule has 6 heteroatoms. The summed E-state index contributed by atoms with van der Waals surface area (Å²) in [5, 5.41) is 2.71. The van der Waals surface area contributed by atoms with E-state index in [0.717, 1.165) is 6.42 Å². The summed E-state index contributed by atoms with van der Waals surface area (Å²) in [6, 6.07) is 6.57. The van der Waals surface area contributed by atoms with Gasteiger partial charge in [-0.3, -0.25) is 4.79 Å². The quantitative estimate of drug-likeness (QED) is 0.851. The molecule has 1 aliphatic carbocycles. The van der Waals surface area contributed by atoms with Crippen molar-refractivity contribution in [1.82, 2.24) is 0 Å². The Hall–Kier alpha value is -1.17. The molecule has 1 fully saturated rings. The molecule has 1 amide bonds. The normalized spacial score (nSPS) is 22.1. The largest absolute Gasteiger partial charge is 0.398 e. The van der Waals surface area contributed by atoms with E-state index in [1.165, 1.54) is 0 Å². The third-order valence-corrected chi connectivity index (χ3v) is 4.12. The van der Waals surface area contributed by atoms with Crippen LogP contribution in [-0.4, -0.2) is 17.8 Å². The highest BCUT2D eigenvalue weighted by Gasteiger charge is 2.39. The standard InChI is InChI=1S/C13H14F3NOS/c1-8-6-9(8)12(18)17-10-4-2-3-5-11(10)19-7-13(14,15)16/h2-5,8-9H,6-7H2,1H3,(H,17,18). The van der Waals surface area contributed by atoms with Gasteiger partial charge in [-0.2, -0.15) is 13.2 Å².